The van der Waals surface area contributed by atoms with Crippen molar-refractivity contribution in [2.24, 2.45) is 0 Å². The fourth-order valence-electron chi connectivity index (χ4n) is 1.84. The van der Waals surface area contributed by atoms with Gasteiger partial charge in [0.2, 0.25) is 0 Å². The number of benzene rings is 1. The van der Waals surface area contributed by atoms with Crippen molar-refractivity contribution >= 4 is 17.4 Å². The Kier molecular flexibility index (Phi) is 4.68. The smallest absolute Gasteiger partial charge is 0.119 e. The lowest BCUT2D eigenvalue weighted by Gasteiger charge is -2.08. The van der Waals surface area contributed by atoms with Crippen LogP contribution in [0.15, 0.2) is 41.6 Å². The Morgan fingerprint density at radius 1 is 1.21 bits per heavy atom. The minimum absolute atomic E-state index is 0.642. The fourth-order valence-corrected chi connectivity index (χ4v) is 2.57. The van der Waals surface area contributed by atoms with Gasteiger partial charge in [-0.05, 0) is 49.2 Å². The lowest BCUT2D eigenvalue weighted by molar-refractivity contribution is 0.343. The molecule has 0 bridgehead atoms. The summed E-state index contributed by atoms with van der Waals surface area (Å²) in [6, 6.07) is 9.93. The molecule has 2 rings (SSSR count). The fraction of sp³-hybridized carbons (Fsp3) is 0.267. The number of hydrogen-bond acceptors (Lipinski definition) is 4. The zero-order valence-electron chi connectivity index (χ0n) is 11.2. The van der Waals surface area contributed by atoms with Crippen molar-refractivity contribution in [1.29, 1.82) is 0 Å². The average Bonchev–Trinajstić information content (AvgIpc) is 2.35. The van der Waals surface area contributed by atoms with Gasteiger partial charge in [-0.15, -0.1) is 11.8 Å². The molecule has 19 heavy (non-hydrogen) atoms. The first-order valence-corrected chi connectivity index (χ1v) is 7.18. The van der Waals surface area contributed by atoms with E-state index >= 15 is 0 Å². The second-order valence-electron chi connectivity index (χ2n) is 4.42. The number of thioether (sulfide) groups is 1. The van der Waals surface area contributed by atoms with Crippen molar-refractivity contribution in [3.05, 3.63) is 47.7 Å². The molecule has 1 aromatic heterocycles. The number of pyridine rings is 1. The van der Waals surface area contributed by atoms with E-state index in [1.54, 1.807) is 18.0 Å². The van der Waals surface area contributed by atoms with E-state index in [-0.39, 0.29) is 0 Å². The third-order valence-corrected chi connectivity index (χ3v) is 3.57. The molecule has 0 saturated heterocycles. The van der Waals surface area contributed by atoms with E-state index in [1.165, 1.54) is 11.1 Å². The van der Waals surface area contributed by atoms with Crippen LogP contribution in [0, 0.1) is 13.8 Å². The molecule has 1 heterocycles. The lowest BCUT2D eigenvalue weighted by atomic mass is 10.1. The Morgan fingerprint density at radius 3 is 2.63 bits per heavy atom. The van der Waals surface area contributed by atoms with Crippen LogP contribution in [-0.4, -0.2) is 17.3 Å². The summed E-state index contributed by atoms with van der Waals surface area (Å²) in [6.45, 7) is 4.79. The first-order chi connectivity index (χ1) is 9.15. The minimum Gasteiger partial charge on any atom is -0.493 e. The van der Waals surface area contributed by atoms with Gasteiger partial charge >= 0.3 is 0 Å². The highest BCUT2D eigenvalue weighted by atomic mass is 32.2. The first-order valence-electron chi connectivity index (χ1n) is 6.19. The molecule has 0 unspecified atom stereocenters. The van der Waals surface area contributed by atoms with Crippen molar-refractivity contribution in [3.8, 4) is 5.75 Å². The summed E-state index contributed by atoms with van der Waals surface area (Å²) in [5.74, 6) is 1.75. The topological polar surface area (TPSA) is 48.1 Å². The van der Waals surface area contributed by atoms with Crippen molar-refractivity contribution < 1.29 is 4.74 Å². The second-order valence-corrected chi connectivity index (χ2v) is 5.50. The second kappa shape index (κ2) is 6.48. The maximum Gasteiger partial charge on any atom is 0.119 e. The summed E-state index contributed by atoms with van der Waals surface area (Å²) in [5.41, 5.74) is 8.99. The predicted octanol–water partition coefficient (Wildman–Crippen LogP) is 3.45. The highest BCUT2D eigenvalue weighted by molar-refractivity contribution is 7.99. The van der Waals surface area contributed by atoms with Crippen LogP contribution in [0.5, 0.6) is 5.75 Å². The number of hydrogen-bond donors (Lipinski definition) is 1. The van der Waals surface area contributed by atoms with Gasteiger partial charge in [-0.1, -0.05) is 6.07 Å². The van der Waals surface area contributed by atoms with Crippen molar-refractivity contribution in [2.75, 3.05) is 18.1 Å². The monoisotopic (exact) mass is 274 g/mol. The van der Waals surface area contributed by atoms with Crippen molar-refractivity contribution in [3.63, 3.8) is 0 Å². The Labute approximate surface area is 118 Å². The molecule has 0 aliphatic heterocycles. The van der Waals surface area contributed by atoms with Gasteiger partial charge in [0.25, 0.3) is 0 Å². The molecule has 2 aromatic rings. The third-order valence-electron chi connectivity index (χ3n) is 2.59. The maximum absolute atomic E-state index is 5.83. The van der Waals surface area contributed by atoms with Gasteiger partial charge in [0, 0.05) is 11.9 Å². The molecule has 0 aliphatic rings. The van der Waals surface area contributed by atoms with Gasteiger partial charge < -0.3 is 10.5 Å². The normalized spacial score (nSPS) is 10.4. The third kappa shape index (κ3) is 4.17. The highest BCUT2D eigenvalue weighted by Crippen LogP contribution is 2.22. The summed E-state index contributed by atoms with van der Waals surface area (Å²) >= 11 is 1.61. The zero-order valence-corrected chi connectivity index (χ0v) is 12.0. The van der Waals surface area contributed by atoms with E-state index in [0.717, 1.165) is 22.2 Å². The van der Waals surface area contributed by atoms with E-state index in [9.17, 15) is 0 Å². The number of aromatic nitrogens is 1. The Morgan fingerprint density at radius 2 is 1.95 bits per heavy atom. The average molecular weight is 274 g/mol. The van der Waals surface area contributed by atoms with Crippen LogP contribution in [0.2, 0.25) is 0 Å². The number of nitrogens with two attached hydrogens (primary N) is 1. The van der Waals surface area contributed by atoms with Gasteiger partial charge in [-0.2, -0.15) is 0 Å². The van der Waals surface area contributed by atoms with Gasteiger partial charge in [-0.25, -0.2) is 4.98 Å². The van der Waals surface area contributed by atoms with E-state index in [4.69, 9.17) is 10.5 Å². The maximum atomic E-state index is 5.83. The van der Waals surface area contributed by atoms with Gasteiger partial charge in [-0.3, -0.25) is 0 Å². The van der Waals surface area contributed by atoms with E-state index in [2.05, 4.69) is 24.9 Å². The molecule has 0 fully saturated rings. The summed E-state index contributed by atoms with van der Waals surface area (Å²) in [6.07, 6.45) is 1.75. The standard InChI is InChI=1S/C15H18N2OS/c1-11-8-12(2)10-13(9-11)18-6-7-19-15-14(16)4-3-5-17-15/h3-5,8-10H,6-7,16H2,1-2H3. The molecule has 100 valence electrons. The van der Waals surface area contributed by atoms with E-state index in [0.29, 0.717) is 6.61 Å². The summed E-state index contributed by atoms with van der Waals surface area (Å²) in [5, 5.41) is 0.867. The van der Waals surface area contributed by atoms with Crippen molar-refractivity contribution in [1.82, 2.24) is 4.98 Å². The Hall–Kier alpha value is -1.68. The van der Waals surface area contributed by atoms with Gasteiger partial charge in [0.1, 0.15) is 10.8 Å². The first kappa shape index (κ1) is 13.7. The molecular weight excluding hydrogens is 256 g/mol. The molecule has 0 aliphatic carbocycles. The molecule has 0 saturated carbocycles. The number of ether oxygens (including phenoxy) is 1. The number of aryl methyl sites for hydroxylation is 2. The molecular formula is C15H18N2OS. The number of rotatable bonds is 5. The van der Waals surface area contributed by atoms with Crippen LogP contribution >= 0.6 is 11.8 Å². The Balaban J connectivity index is 1.82. The summed E-state index contributed by atoms with van der Waals surface area (Å²) < 4.78 is 5.74. The molecule has 0 amide bonds. The molecule has 4 heteroatoms. The van der Waals surface area contributed by atoms with Crippen LogP contribution < -0.4 is 10.5 Å². The molecule has 2 N–H and O–H groups in total. The van der Waals surface area contributed by atoms with Crippen LogP contribution in [0.3, 0.4) is 0 Å². The molecule has 1 aromatic carbocycles. The quantitative estimate of drug-likeness (QED) is 0.670. The van der Waals surface area contributed by atoms with E-state index in [1.807, 2.05) is 24.3 Å². The summed E-state index contributed by atoms with van der Waals surface area (Å²) in [7, 11) is 0. The van der Waals surface area contributed by atoms with Crippen LogP contribution in [0.4, 0.5) is 5.69 Å². The van der Waals surface area contributed by atoms with Gasteiger partial charge in [0.15, 0.2) is 0 Å². The zero-order chi connectivity index (χ0) is 13.7. The minimum atomic E-state index is 0.642. The van der Waals surface area contributed by atoms with E-state index < -0.39 is 0 Å². The highest BCUT2D eigenvalue weighted by Gasteiger charge is 2.01. The van der Waals surface area contributed by atoms with Crippen LogP contribution in [0.25, 0.3) is 0 Å². The van der Waals surface area contributed by atoms with Crippen LogP contribution in [-0.2, 0) is 0 Å². The number of nitrogen functional groups attached to an aromatic ring is 1. The SMILES string of the molecule is Cc1cc(C)cc(OCCSc2ncccc2N)c1. The molecule has 0 radical (unpaired) electrons. The largest absolute Gasteiger partial charge is 0.493 e. The molecule has 3 nitrogen and oxygen atoms in total. The molecule has 0 spiro atoms. The predicted molar refractivity (Wildman–Crippen MR) is 80.8 cm³/mol. The van der Waals surface area contributed by atoms with Crippen molar-refractivity contribution in [2.45, 2.75) is 18.9 Å². The lowest BCUT2D eigenvalue weighted by Crippen LogP contribution is -2.01. The number of nitrogens with zero attached hydrogens (tertiary/aromatic N) is 1. The van der Waals surface area contributed by atoms with Gasteiger partial charge in [0.05, 0.1) is 12.3 Å². The molecule has 0 atom stereocenters. The summed E-state index contributed by atoms with van der Waals surface area (Å²) in [4.78, 5) is 4.23. The number of anilines is 1. The van der Waals surface area contributed by atoms with Crippen LogP contribution in [0.1, 0.15) is 11.1 Å². The Bertz CT molecular complexity index is 537.